The molecule has 4 aromatic rings. The SMILES string of the molecule is CCCCc1nc(Cl)c([C@@H](Cc2ccc(-c3ccccc3)c(-c3nn[nH]n3)c2)OC(=O)[C@H]2CCCCCN2)[nH]1. The molecule has 1 saturated heterocycles. The van der Waals surface area contributed by atoms with Crippen molar-refractivity contribution in [3.8, 4) is 22.5 Å². The number of aromatic amines is 2. The molecule has 5 rings (SSSR count). The van der Waals surface area contributed by atoms with E-state index in [4.69, 9.17) is 16.3 Å². The van der Waals surface area contributed by atoms with Crippen molar-refractivity contribution < 1.29 is 9.53 Å². The van der Waals surface area contributed by atoms with Crippen LogP contribution in [0.1, 0.15) is 68.6 Å². The highest BCUT2D eigenvalue weighted by Gasteiger charge is 2.28. The maximum Gasteiger partial charge on any atom is 0.323 e. The summed E-state index contributed by atoms with van der Waals surface area (Å²) in [6.07, 6.45) is 6.55. The van der Waals surface area contributed by atoms with E-state index in [1.54, 1.807) is 0 Å². The van der Waals surface area contributed by atoms with Crippen LogP contribution in [-0.2, 0) is 22.4 Å². The molecule has 0 aliphatic carbocycles. The maximum absolute atomic E-state index is 13.3. The van der Waals surface area contributed by atoms with Gasteiger partial charge in [0.2, 0.25) is 5.82 Å². The minimum absolute atomic E-state index is 0.262. The number of nitrogens with zero attached hydrogens (tertiary/aromatic N) is 4. The van der Waals surface area contributed by atoms with Crippen LogP contribution in [0.3, 0.4) is 0 Å². The Bertz CT molecular complexity index is 1350. The summed E-state index contributed by atoms with van der Waals surface area (Å²) in [5, 5.41) is 18.5. The molecule has 0 spiro atoms. The van der Waals surface area contributed by atoms with Crippen LogP contribution in [-0.4, -0.2) is 49.1 Å². The van der Waals surface area contributed by atoms with Crippen LogP contribution in [0.2, 0.25) is 5.15 Å². The van der Waals surface area contributed by atoms with Gasteiger partial charge in [0.25, 0.3) is 0 Å². The fourth-order valence-corrected chi connectivity index (χ4v) is 5.28. The smallest absolute Gasteiger partial charge is 0.323 e. The number of aromatic nitrogens is 6. The molecule has 0 bridgehead atoms. The van der Waals surface area contributed by atoms with Crippen LogP contribution in [0.4, 0.5) is 0 Å². The second kappa shape index (κ2) is 13.0. The lowest BCUT2D eigenvalue weighted by Gasteiger charge is -2.22. The molecular weight excluding hydrogens is 514 g/mol. The summed E-state index contributed by atoms with van der Waals surface area (Å²) in [5.74, 6) is 1.03. The fourth-order valence-electron chi connectivity index (χ4n) is 5.01. The number of nitrogens with one attached hydrogen (secondary N) is 3. The number of hydrogen-bond donors (Lipinski definition) is 3. The van der Waals surface area contributed by atoms with Crippen LogP contribution < -0.4 is 5.32 Å². The second-order valence-electron chi connectivity index (χ2n) is 9.96. The Kier molecular flexibility index (Phi) is 9.00. The minimum atomic E-state index is -0.626. The first-order valence-electron chi connectivity index (χ1n) is 13.7. The molecular formula is C29H34ClN7O2. The highest BCUT2D eigenvalue weighted by atomic mass is 35.5. The molecule has 1 aliphatic heterocycles. The first-order chi connectivity index (χ1) is 19.1. The lowest BCUT2D eigenvalue weighted by Crippen LogP contribution is -2.38. The summed E-state index contributed by atoms with van der Waals surface area (Å²) in [6, 6.07) is 15.9. The number of unbranched alkanes of at least 4 members (excludes halogenated alkanes) is 1. The average Bonchev–Trinajstić information content (AvgIpc) is 3.54. The van der Waals surface area contributed by atoms with Gasteiger partial charge in [-0.15, -0.1) is 10.2 Å². The Balaban J connectivity index is 1.47. The van der Waals surface area contributed by atoms with E-state index in [0.717, 1.165) is 79.6 Å². The van der Waals surface area contributed by atoms with Gasteiger partial charge < -0.3 is 15.0 Å². The van der Waals surface area contributed by atoms with Crippen LogP contribution in [0, 0.1) is 0 Å². The first-order valence-corrected chi connectivity index (χ1v) is 14.1. The molecule has 0 radical (unpaired) electrons. The van der Waals surface area contributed by atoms with Crippen molar-refractivity contribution in [2.45, 2.75) is 70.4 Å². The summed E-state index contributed by atoms with van der Waals surface area (Å²) < 4.78 is 6.17. The third-order valence-electron chi connectivity index (χ3n) is 7.10. The van der Waals surface area contributed by atoms with Crippen LogP contribution >= 0.6 is 11.6 Å². The van der Waals surface area contributed by atoms with Crippen molar-refractivity contribution in [1.29, 1.82) is 0 Å². The molecule has 2 aromatic heterocycles. The molecule has 2 atom stereocenters. The van der Waals surface area contributed by atoms with E-state index in [-0.39, 0.29) is 12.0 Å². The van der Waals surface area contributed by atoms with Gasteiger partial charge in [-0.2, -0.15) is 5.21 Å². The number of esters is 1. The van der Waals surface area contributed by atoms with Crippen LogP contribution in [0.15, 0.2) is 48.5 Å². The minimum Gasteiger partial charge on any atom is -0.454 e. The number of imidazole rings is 1. The highest BCUT2D eigenvalue weighted by molar-refractivity contribution is 6.30. The quantitative estimate of drug-likeness (QED) is 0.220. The molecule has 39 heavy (non-hydrogen) atoms. The molecule has 10 heteroatoms. The molecule has 0 amide bonds. The normalized spacial score (nSPS) is 16.5. The molecule has 0 unspecified atom stereocenters. The Morgan fingerprint density at radius 2 is 2.00 bits per heavy atom. The lowest BCUT2D eigenvalue weighted by atomic mass is 9.95. The van der Waals surface area contributed by atoms with Crippen molar-refractivity contribution in [2.75, 3.05) is 6.54 Å². The molecule has 2 aromatic carbocycles. The Hall–Kier alpha value is -3.56. The number of rotatable bonds is 10. The highest BCUT2D eigenvalue weighted by Crippen LogP contribution is 2.34. The topological polar surface area (TPSA) is 121 Å². The van der Waals surface area contributed by atoms with E-state index in [1.165, 1.54) is 0 Å². The van der Waals surface area contributed by atoms with Gasteiger partial charge in [-0.3, -0.25) is 4.79 Å². The van der Waals surface area contributed by atoms with E-state index >= 15 is 0 Å². The van der Waals surface area contributed by atoms with Gasteiger partial charge in [0.1, 0.15) is 18.0 Å². The summed E-state index contributed by atoms with van der Waals surface area (Å²) in [4.78, 5) is 21.2. The van der Waals surface area contributed by atoms with Gasteiger partial charge in [0, 0.05) is 18.4 Å². The Morgan fingerprint density at radius 1 is 1.13 bits per heavy atom. The monoisotopic (exact) mass is 547 g/mol. The van der Waals surface area contributed by atoms with Gasteiger partial charge in [0.05, 0.1) is 5.69 Å². The van der Waals surface area contributed by atoms with Gasteiger partial charge >= 0.3 is 5.97 Å². The van der Waals surface area contributed by atoms with Crippen molar-refractivity contribution in [3.63, 3.8) is 0 Å². The molecule has 204 valence electrons. The van der Waals surface area contributed by atoms with Gasteiger partial charge in [-0.25, -0.2) is 4.98 Å². The Morgan fingerprint density at radius 3 is 2.79 bits per heavy atom. The Labute approximate surface area is 233 Å². The fraction of sp³-hybridized carbons (Fsp3) is 0.414. The van der Waals surface area contributed by atoms with Gasteiger partial charge in [0.15, 0.2) is 5.15 Å². The standard InChI is InChI=1S/C29H34ClN7O2/c1-2-3-13-25-32-26(27(30)33-25)24(39-29(38)23-12-8-5-9-16-31-23)18-19-14-15-21(20-10-6-4-7-11-20)22(17-19)28-34-36-37-35-28/h4,6-7,10-11,14-15,17,23-24,31H,2-3,5,8-9,12-13,16,18H2,1H3,(H,32,33)(H,34,35,36,37)/t23-,24-/m1/s1. The number of tetrazole rings is 1. The van der Waals surface area contributed by atoms with Crippen molar-refractivity contribution in [2.24, 2.45) is 0 Å². The molecule has 0 saturated carbocycles. The largest absolute Gasteiger partial charge is 0.454 e. The van der Waals surface area contributed by atoms with Crippen LogP contribution in [0.25, 0.3) is 22.5 Å². The predicted molar refractivity (Wildman–Crippen MR) is 150 cm³/mol. The summed E-state index contributed by atoms with van der Waals surface area (Å²) in [7, 11) is 0. The maximum atomic E-state index is 13.3. The number of halogens is 1. The number of benzene rings is 2. The number of hydrogen-bond acceptors (Lipinski definition) is 7. The summed E-state index contributed by atoms with van der Waals surface area (Å²) in [5.41, 5.74) is 4.43. The summed E-state index contributed by atoms with van der Waals surface area (Å²) in [6.45, 7) is 2.95. The van der Waals surface area contributed by atoms with Crippen molar-refractivity contribution in [3.05, 3.63) is 70.8 Å². The molecule has 3 N–H and O–H groups in total. The van der Waals surface area contributed by atoms with E-state index in [1.807, 2.05) is 48.5 Å². The zero-order chi connectivity index (χ0) is 27.0. The van der Waals surface area contributed by atoms with Crippen molar-refractivity contribution in [1.82, 2.24) is 35.9 Å². The number of carbonyl (C=O) groups is 1. The zero-order valence-corrected chi connectivity index (χ0v) is 22.9. The average molecular weight is 548 g/mol. The lowest BCUT2D eigenvalue weighted by molar-refractivity contribution is -0.152. The second-order valence-corrected chi connectivity index (χ2v) is 10.3. The first kappa shape index (κ1) is 27.0. The predicted octanol–water partition coefficient (Wildman–Crippen LogP) is 5.61. The molecule has 1 fully saturated rings. The zero-order valence-electron chi connectivity index (χ0n) is 22.1. The van der Waals surface area contributed by atoms with E-state index in [9.17, 15) is 4.79 Å². The number of carbonyl (C=O) groups excluding carboxylic acids is 1. The third-order valence-corrected chi connectivity index (χ3v) is 7.39. The van der Waals surface area contributed by atoms with Crippen molar-refractivity contribution >= 4 is 17.6 Å². The van der Waals surface area contributed by atoms with E-state index < -0.39 is 6.10 Å². The van der Waals surface area contributed by atoms with Gasteiger partial charge in [-0.05, 0) is 53.8 Å². The van der Waals surface area contributed by atoms with Crippen LogP contribution in [0.5, 0.6) is 0 Å². The van der Waals surface area contributed by atoms with E-state index in [0.29, 0.717) is 23.1 Å². The molecule has 1 aliphatic rings. The number of ether oxygens (including phenoxy) is 1. The summed E-state index contributed by atoms with van der Waals surface area (Å²) >= 11 is 6.62. The number of aryl methyl sites for hydroxylation is 1. The van der Waals surface area contributed by atoms with E-state index in [2.05, 4.69) is 42.8 Å². The molecule has 3 heterocycles. The molecule has 9 nitrogen and oxygen atoms in total. The van der Waals surface area contributed by atoms with Gasteiger partial charge in [-0.1, -0.05) is 80.3 Å². The third kappa shape index (κ3) is 6.72. The number of H-pyrrole nitrogens is 2.